The minimum absolute atomic E-state index is 0.0309. The Kier molecular flexibility index (Phi) is 5.35. The molecule has 7 heteroatoms. The third kappa shape index (κ3) is 4.60. The molecule has 0 bridgehead atoms. The van der Waals surface area contributed by atoms with E-state index in [1.165, 1.54) is 30.3 Å². The van der Waals surface area contributed by atoms with Gasteiger partial charge in [0.15, 0.2) is 0 Å². The summed E-state index contributed by atoms with van der Waals surface area (Å²) >= 11 is 0. The predicted molar refractivity (Wildman–Crippen MR) is 89.9 cm³/mol. The number of rotatable bonds is 5. The van der Waals surface area contributed by atoms with Gasteiger partial charge in [-0.1, -0.05) is 12.1 Å². The van der Waals surface area contributed by atoms with Gasteiger partial charge in [-0.25, -0.2) is 9.37 Å². The van der Waals surface area contributed by atoms with E-state index in [4.69, 9.17) is 4.74 Å². The number of carbonyl (C=O) groups is 2. The molecule has 1 saturated heterocycles. The molecule has 1 unspecified atom stereocenters. The second kappa shape index (κ2) is 7.85. The first-order chi connectivity index (χ1) is 12.1. The summed E-state index contributed by atoms with van der Waals surface area (Å²) in [5.41, 5.74) is 0.541. The van der Waals surface area contributed by atoms with Gasteiger partial charge in [-0.05, 0) is 43.2 Å². The molecule has 130 valence electrons. The number of benzene rings is 1. The monoisotopic (exact) mass is 343 g/mol. The summed E-state index contributed by atoms with van der Waals surface area (Å²) in [5.74, 6) is -1.33. The highest BCUT2D eigenvalue weighted by atomic mass is 19.1. The largest absolute Gasteiger partial charge is 0.376 e. The Labute approximate surface area is 144 Å². The molecule has 6 nitrogen and oxygen atoms in total. The maximum atomic E-state index is 13.2. The van der Waals surface area contributed by atoms with Gasteiger partial charge in [0.1, 0.15) is 17.2 Å². The molecule has 1 aromatic heterocycles. The highest BCUT2D eigenvalue weighted by Crippen LogP contribution is 2.12. The standard InChI is InChI=1S/C18H18FN3O3/c19-12-4-1-5-13(10-12)21-18(24)16-8-2-7-15(22-16)17(23)20-11-14-6-3-9-25-14/h1-2,4-5,7-8,10,14H,3,6,9,11H2,(H,20,23)(H,21,24). The Morgan fingerprint density at radius 3 is 2.64 bits per heavy atom. The first-order valence-electron chi connectivity index (χ1n) is 8.05. The number of hydrogen-bond acceptors (Lipinski definition) is 4. The van der Waals surface area contributed by atoms with Gasteiger partial charge in [0, 0.05) is 18.8 Å². The molecular formula is C18H18FN3O3. The van der Waals surface area contributed by atoms with Crippen LogP contribution in [0.1, 0.15) is 33.8 Å². The van der Waals surface area contributed by atoms with Gasteiger partial charge in [-0.15, -0.1) is 0 Å². The molecule has 0 aliphatic carbocycles. The summed E-state index contributed by atoms with van der Waals surface area (Å²) in [6.45, 7) is 1.13. The molecule has 1 aliphatic heterocycles. The molecule has 1 fully saturated rings. The van der Waals surface area contributed by atoms with Gasteiger partial charge < -0.3 is 15.4 Å². The van der Waals surface area contributed by atoms with E-state index in [0.29, 0.717) is 18.8 Å². The van der Waals surface area contributed by atoms with Crippen LogP contribution < -0.4 is 10.6 Å². The zero-order chi connectivity index (χ0) is 17.6. The number of pyridine rings is 1. The normalized spacial score (nSPS) is 16.4. The smallest absolute Gasteiger partial charge is 0.274 e. The minimum atomic E-state index is -0.514. The van der Waals surface area contributed by atoms with E-state index in [2.05, 4.69) is 15.6 Å². The van der Waals surface area contributed by atoms with Crippen LogP contribution in [0, 0.1) is 5.82 Å². The summed E-state index contributed by atoms with van der Waals surface area (Å²) in [6, 6.07) is 10.2. The maximum absolute atomic E-state index is 13.2. The number of nitrogens with one attached hydrogen (secondary N) is 2. The Morgan fingerprint density at radius 1 is 1.16 bits per heavy atom. The third-order valence-electron chi connectivity index (χ3n) is 3.81. The van der Waals surface area contributed by atoms with E-state index in [9.17, 15) is 14.0 Å². The van der Waals surface area contributed by atoms with Crippen LogP contribution in [0.3, 0.4) is 0 Å². The van der Waals surface area contributed by atoms with Crippen molar-refractivity contribution in [2.45, 2.75) is 18.9 Å². The minimum Gasteiger partial charge on any atom is -0.376 e. The molecule has 0 radical (unpaired) electrons. The van der Waals surface area contributed by atoms with Crippen molar-refractivity contribution < 1.29 is 18.7 Å². The fourth-order valence-electron chi connectivity index (χ4n) is 2.55. The van der Waals surface area contributed by atoms with Crippen molar-refractivity contribution in [3.63, 3.8) is 0 Å². The molecule has 3 rings (SSSR count). The van der Waals surface area contributed by atoms with Crippen LogP contribution in [0.4, 0.5) is 10.1 Å². The van der Waals surface area contributed by atoms with Gasteiger partial charge in [0.05, 0.1) is 6.10 Å². The summed E-state index contributed by atoms with van der Waals surface area (Å²) in [6.07, 6.45) is 1.95. The molecule has 0 spiro atoms. The lowest BCUT2D eigenvalue weighted by atomic mass is 10.2. The van der Waals surface area contributed by atoms with Crippen molar-refractivity contribution in [2.75, 3.05) is 18.5 Å². The Morgan fingerprint density at radius 2 is 1.92 bits per heavy atom. The lowest BCUT2D eigenvalue weighted by Crippen LogP contribution is -2.32. The Hall–Kier alpha value is -2.80. The fourth-order valence-corrected chi connectivity index (χ4v) is 2.55. The number of halogens is 1. The van der Waals surface area contributed by atoms with Crippen molar-refractivity contribution in [1.82, 2.24) is 10.3 Å². The summed E-state index contributed by atoms with van der Waals surface area (Å²) in [7, 11) is 0. The van der Waals surface area contributed by atoms with Gasteiger partial charge in [-0.3, -0.25) is 9.59 Å². The van der Waals surface area contributed by atoms with Crippen LogP contribution in [0.5, 0.6) is 0 Å². The fraction of sp³-hybridized carbons (Fsp3) is 0.278. The zero-order valence-corrected chi connectivity index (χ0v) is 13.5. The van der Waals surface area contributed by atoms with E-state index >= 15 is 0 Å². The lowest BCUT2D eigenvalue weighted by Gasteiger charge is -2.11. The van der Waals surface area contributed by atoms with Gasteiger partial charge in [0.2, 0.25) is 0 Å². The number of amides is 2. The van der Waals surface area contributed by atoms with Crippen LogP contribution in [0.25, 0.3) is 0 Å². The lowest BCUT2D eigenvalue weighted by molar-refractivity contribution is 0.0853. The molecule has 1 aliphatic rings. The van der Waals surface area contributed by atoms with Crippen molar-refractivity contribution in [3.8, 4) is 0 Å². The highest BCUT2D eigenvalue weighted by molar-refractivity contribution is 6.03. The number of hydrogen-bond donors (Lipinski definition) is 2. The SMILES string of the molecule is O=C(NCC1CCCO1)c1cccc(C(=O)Nc2cccc(F)c2)n1. The average molecular weight is 343 g/mol. The van der Waals surface area contributed by atoms with E-state index < -0.39 is 11.7 Å². The quantitative estimate of drug-likeness (QED) is 0.873. The topological polar surface area (TPSA) is 80.3 Å². The van der Waals surface area contributed by atoms with E-state index in [1.54, 1.807) is 12.1 Å². The number of anilines is 1. The number of carbonyl (C=O) groups excluding carboxylic acids is 2. The molecular weight excluding hydrogens is 325 g/mol. The van der Waals surface area contributed by atoms with Crippen LogP contribution in [0.2, 0.25) is 0 Å². The van der Waals surface area contributed by atoms with Gasteiger partial charge in [-0.2, -0.15) is 0 Å². The predicted octanol–water partition coefficient (Wildman–Crippen LogP) is 2.38. The summed E-state index contributed by atoms with van der Waals surface area (Å²) < 4.78 is 18.6. The van der Waals surface area contributed by atoms with Crippen LogP contribution >= 0.6 is 0 Å². The van der Waals surface area contributed by atoms with Crippen molar-refractivity contribution >= 4 is 17.5 Å². The third-order valence-corrected chi connectivity index (χ3v) is 3.81. The highest BCUT2D eigenvalue weighted by Gasteiger charge is 2.18. The molecule has 0 saturated carbocycles. The second-order valence-electron chi connectivity index (χ2n) is 5.72. The first-order valence-corrected chi connectivity index (χ1v) is 8.05. The number of aromatic nitrogens is 1. The average Bonchev–Trinajstić information content (AvgIpc) is 3.13. The van der Waals surface area contributed by atoms with Crippen LogP contribution in [-0.4, -0.2) is 36.1 Å². The van der Waals surface area contributed by atoms with Crippen molar-refractivity contribution in [1.29, 1.82) is 0 Å². The number of nitrogens with zero attached hydrogens (tertiary/aromatic N) is 1. The van der Waals surface area contributed by atoms with Crippen LogP contribution in [0.15, 0.2) is 42.5 Å². The van der Waals surface area contributed by atoms with Crippen LogP contribution in [-0.2, 0) is 4.74 Å². The molecule has 2 aromatic rings. The number of ether oxygens (including phenoxy) is 1. The second-order valence-corrected chi connectivity index (χ2v) is 5.72. The zero-order valence-electron chi connectivity index (χ0n) is 13.5. The molecule has 2 heterocycles. The van der Waals surface area contributed by atoms with E-state index in [-0.39, 0.29) is 23.4 Å². The first kappa shape index (κ1) is 17.0. The van der Waals surface area contributed by atoms with Crippen molar-refractivity contribution in [2.24, 2.45) is 0 Å². The van der Waals surface area contributed by atoms with Gasteiger partial charge >= 0.3 is 0 Å². The Bertz CT molecular complexity index is 776. The molecule has 25 heavy (non-hydrogen) atoms. The molecule has 2 amide bonds. The van der Waals surface area contributed by atoms with E-state index in [1.807, 2.05) is 0 Å². The summed E-state index contributed by atoms with van der Waals surface area (Å²) in [5, 5.41) is 5.31. The van der Waals surface area contributed by atoms with Crippen molar-refractivity contribution in [3.05, 3.63) is 59.7 Å². The molecule has 1 aromatic carbocycles. The van der Waals surface area contributed by atoms with Gasteiger partial charge in [0.25, 0.3) is 11.8 Å². The van der Waals surface area contributed by atoms with E-state index in [0.717, 1.165) is 12.8 Å². The molecule has 2 N–H and O–H groups in total. The molecule has 1 atom stereocenters. The maximum Gasteiger partial charge on any atom is 0.274 e. The summed E-state index contributed by atoms with van der Waals surface area (Å²) in [4.78, 5) is 28.5. The Balaban J connectivity index is 1.63.